The number of nitrogens with zero attached hydrogens (tertiary/aromatic N) is 3. The second kappa shape index (κ2) is 6.16. The SMILES string of the molecule is CCNCc1ccc(OCc2nncn2C)cc1. The van der Waals surface area contributed by atoms with Crippen LogP contribution in [-0.4, -0.2) is 21.3 Å². The van der Waals surface area contributed by atoms with Crippen molar-refractivity contribution in [1.29, 1.82) is 0 Å². The predicted octanol–water partition coefficient (Wildman–Crippen LogP) is 1.50. The minimum Gasteiger partial charge on any atom is -0.486 e. The van der Waals surface area contributed by atoms with Gasteiger partial charge in [-0.15, -0.1) is 10.2 Å². The third-order valence-electron chi connectivity index (χ3n) is 2.68. The third kappa shape index (κ3) is 3.30. The molecule has 0 spiro atoms. The highest BCUT2D eigenvalue weighted by atomic mass is 16.5. The van der Waals surface area contributed by atoms with Crippen LogP contribution in [-0.2, 0) is 20.2 Å². The molecule has 0 atom stereocenters. The molecule has 1 N–H and O–H groups in total. The van der Waals surface area contributed by atoms with Crippen LogP contribution < -0.4 is 10.1 Å². The van der Waals surface area contributed by atoms with Crippen molar-refractivity contribution < 1.29 is 4.74 Å². The topological polar surface area (TPSA) is 52.0 Å². The summed E-state index contributed by atoms with van der Waals surface area (Å²) in [5.41, 5.74) is 1.25. The first-order valence-electron chi connectivity index (χ1n) is 6.05. The number of benzene rings is 1. The van der Waals surface area contributed by atoms with Gasteiger partial charge in [0.25, 0.3) is 0 Å². The van der Waals surface area contributed by atoms with Crippen molar-refractivity contribution in [1.82, 2.24) is 20.1 Å². The first-order chi connectivity index (χ1) is 8.79. The van der Waals surface area contributed by atoms with Gasteiger partial charge in [-0.3, -0.25) is 0 Å². The average molecular weight is 246 g/mol. The fourth-order valence-corrected chi connectivity index (χ4v) is 1.56. The molecule has 5 nitrogen and oxygen atoms in total. The van der Waals surface area contributed by atoms with E-state index < -0.39 is 0 Å². The van der Waals surface area contributed by atoms with Gasteiger partial charge in [-0.05, 0) is 24.2 Å². The summed E-state index contributed by atoms with van der Waals surface area (Å²) in [7, 11) is 1.90. The standard InChI is InChI=1S/C13H18N4O/c1-3-14-8-11-4-6-12(7-5-11)18-9-13-16-15-10-17(13)2/h4-7,10,14H,3,8-9H2,1-2H3. The molecule has 1 heterocycles. The molecule has 0 radical (unpaired) electrons. The zero-order valence-electron chi connectivity index (χ0n) is 10.8. The van der Waals surface area contributed by atoms with E-state index in [1.165, 1.54) is 5.56 Å². The lowest BCUT2D eigenvalue weighted by Gasteiger charge is -2.07. The summed E-state index contributed by atoms with van der Waals surface area (Å²) in [6, 6.07) is 8.08. The highest BCUT2D eigenvalue weighted by Crippen LogP contribution is 2.13. The molecular weight excluding hydrogens is 228 g/mol. The van der Waals surface area contributed by atoms with Gasteiger partial charge >= 0.3 is 0 Å². The van der Waals surface area contributed by atoms with E-state index in [0.717, 1.165) is 24.7 Å². The van der Waals surface area contributed by atoms with Crippen LogP contribution in [0.4, 0.5) is 0 Å². The Morgan fingerprint density at radius 1 is 1.28 bits per heavy atom. The van der Waals surface area contributed by atoms with Gasteiger partial charge in [-0.1, -0.05) is 19.1 Å². The van der Waals surface area contributed by atoms with E-state index in [1.807, 2.05) is 23.7 Å². The van der Waals surface area contributed by atoms with Crippen LogP contribution in [0.3, 0.4) is 0 Å². The zero-order chi connectivity index (χ0) is 12.8. The van der Waals surface area contributed by atoms with Crippen molar-refractivity contribution in [2.75, 3.05) is 6.54 Å². The van der Waals surface area contributed by atoms with Crippen molar-refractivity contribution in [2.24, 2.45) is 7.05 Å². The first-order valence-corrected chi connectivity index (χ1v) is 6.05. The number of rotatable bonds is 6. The van der Waals surface area contributed by atoms with Gasteiger partial charge in [0.05, 0.1) is 0 Å². The molecule has 0 aliphatic rings. The van der Waals surface area contributed by atoms with Gasteiger partial charge in [0.1, 0.15) is 18.7 Å². The van der Waals surface area contributed by atoms with E-state index in [2.05, 4.69) is 34.6 Å². The average Bonchev–Trinajstić information content (AvgIpc) is 2.81. The van der Waals surface area contributed by atoms with E-state index in [-0.39, 0.29) is 0 Å². The molecule has 0 unspecified atom stereocenters. The van der Waals surface area contributed by atoms with Crippen molar-refractivity contribution in [2.45, 2.75) is 20.1 Å². The zero-order valence-corrected chi connectivity index (χ0v) is 10.8. The summed E-state index contributed by atoms with van der Waals surface area (Å²) in [4.78, 5) is 0. The Morgan fingerprint density at radius 2 is 2.06 bits per heavy atom. The second-order valence-corrected chi connectivity index (χ2v) is 4.07. The number of hydrogen-bond acceptors (Lipinski definition) is 4. The molecule has 0 fully saturated rings. The molecular formula is C13H18N4O. The minimum absolute atomic E-state index is 0.434. The maximum Gasteiger partial charge on any atom is 0.170 e. The van der Waals surface area contributed by atoms with E-state index in [0.29, 0.717) is 6.61 Å². The highest BCUT2D eigenvalue weighted by molar-refractivity contribution is 5.27. The second-order valence-electron chi connectivity index (χ2n) is 4.07. The van der Waals surface area contributed by atoms with Crippen molar-refractivity contribution >= 4 is 0 Å². The van der Waals surface area contributed by atoms with Crippen molar-refractivity contribution in [3.05, 3.63) is 42.0 Å². The van der Waals surface area contributed by atoms with Crippen LogP contribution >= 0.6 is 0 Å². The van der Waals surface area contributed by atoms with Crippen molar-refractivity contribution in [3.8, 4) is 5.75 Å². The minimum atomic E-state index is 0.434. The summed E-state index contributed by atoms with van der Waals surface area (Å²) in [6.45, 7) is 4.39. The molecule has 18 heavy (non-hydrogen) atoms. The number of ether oxygens (including phenoxy) is 1. The Balaban J connectivity index is 1.88. The molecule has 0 amide bonds. The molecule has 0 bridgehead atoms. The fraction of sp³-hybridized carbons (Fsp3) is 0.385. The van der Waals surface area contributed by atoms with Gasteiger partial charge < -0.3 is 14.6 Å². The number of aromatic nitrogens is 3. The van der Waals surface area contributed by atoms with Gasteiger partial charge in [0, 0.05) is 13.6 Å². The Morgan fingerprint density at radius 3 is 2.67 bits per heavy atom. The lowest BCUT2D eigenvalue weighted by molar-refractivity contribution is 0.291. The Hall–Kier alpha value is -1.88. The van der Waals surface area contributed by atoms with E-state index in [1.54, 1.807) is 6.33 Å². The number of nitrogens with one attached hydrogen (secondary N) is 1. The Labute approximate surface area is 107 Å². The Bertz CT molecular complexity index is 478. The van der Waals surface area contributed by atoms with Gasteiger partial charge in [0.15, 0.2) is 5.82 Å². The smallest absolute Gasteiger partial charge is 0.170 e. The normalized spacial score (nSPS) is 10.6. The molecule has 2 rings (SSSR count). The maximum absolute atomic E-state index is 5.65. The molecule has 0 saturated heterocycles. The summed E-state index contributed by atoms with van der Waals surface area (Å²) < 4.78 is 7.49. The van der Waals surface area contributed by atoms with Crippen LogP contribution in [0.2, 0.25) is 0 Å². The van der Waals surface area contributed by atoms with Crippen LogP contribution in [0.25, 0.3) is 0 Å². The van der Waals surface area contributed by atoms with Crippen LogP contribution in [0, 0.1) is 0 Å². The summed E-state index contributed by atoms with van der Waals surface area (Å²) in [5.74, 6) is 1.66. The molecule has 0 aliphatic carbocycles. The molecule has 96 valence electrons. The number of hydrogen-bond donors (Lipinski definition) is 1. The van der Waals surface area contributed by atoms with E-state index in [4.69, 9.17) is 4.74 Å². The third-order valence-corrected chi connectivity index (χ3v) is 2.68. The molecule has 1 aromatic carbocycles. The van der Waals surface area contributed by atoms with Crippen LogP contribution in [0.1, 0.15) is 18.3 Å². The highest BCUT2D eigenvalue weighted by Gasteiger charge is 2.01. The lowest BCUT2D eigenvalue weighted by Crippen LogP contribution is -2.11. The van der Waals surface area contributed by atoms with E-state index >= 15 is 0 Å². The molecule has 5 heteroatoms. The molecule has 0 saturated carbocycles. The quantitative estimate of drug-likeness (QED) is 0.839. The summed E-state index contributed by atoms with van der Waals surface area (Å²) in [6.07, 6.45) is 1.66. The fourth-order valence-electron chi connectivity index (χ4n) is 1.56. The Kier molecular flexibility index (Phi) is 4.30. The van der Waals surface area contributed by atoms with Crippen molar-refractivity contribution in [3.63, 3.8) is 0 Å². The van der Waals surface area contributed by atoms with Gasteiger partial charge in [-0.2, -0.15) is 0 Å². The summed E-state index contributed by atoms with van der Waals surface area (Å²) >= 11 is 0. The van der Waals surface area contributed by atoms with Crippen LogP contribution in [0.5, 0.6) is 5.75 Å². The lowest BCUT2D eigenvalue weighted by atomic mass is 10.2. The maximum atomic E-state index is 5.65. The van der Waals surface area contributed by atoms with Gasteiger partial charge in [-0.25, -0.2) is 0 Å². The van der Waals surface area contributed by atoms with E-state index in [9.17, 15) is 0 Å². The first kappa shape index (κ1) is 12.6. The summed E-state index contributed by atoms with van der Waals surface area (Å²) in [5, 5.41) is 11.1. The molecule has 1 aromatic heterocycles. The van der Waals surface area contributed by atoms with Gasteiger partial charge in [0.2, 0.25) is 0 Å². The molecule has 2 aromatic rings. The monoisotopic (exact) mass is 246 g/mol. The molecule has 0 aliphatic heterocycles. The number of aryl methyl sites for hydroxylation is 1. The van der Waals surface area contributed by atoms with Crippen LogP contribution in [0.15, 0.2) is 30.6 Å². The predicted molar refractivity (Wildman–Crippen MR) is 69.2 cm³/mol. The largest absolute Gasteiger partial charge is 0.486 e.